The van der Waals surface area contributed by atoms with Crippen molar-refractivity contribution in [1.82, 2.24) is 9.97 Å². The molecule has 0 bridgehead atoms. The molecule has 1 aliphatic heterocycles. The van der Waals surface area contributed by atoms with Gasteiger partial charge in [0.25, 0.3) is 0 Å². The maximum Gasteiger partial charge on any atom is 0.225 e. The predicted molar refractivity (Wildman–Crippen MR) is 77.5 cm³/mol. The van der Waals surface area contributed by atoms with E-state index in [2.05, 4.69) is 30.7 Å². The Hall–Kier alpha value is -1.16. The second-order valence-electron chi connectivity index (χ2n) is 6.68. The molecule has 2 N–H and O–H groups in total. The van der Waals surface area contributed by atoms with Gasteiger partial charge < -0.3 is 10.6 Å². The summed E-state index contributed by atoms with van der Waals surface area (Å²) in [6.45, 7) is 8.59. The summed E-state index contributed by atoms with van der Waals surface area (Å²) < 4.78 is 0. The summed E-state index contributed by atoms with van der Waals surface area (Å²) in [6, 6.07) is 0.419. The molecule has 3 rings (SSSR count). The first-order valence-corrected chi connectivity index (χ1v) is 7.37. The summed E-state index contributed by atoms with van der Waals surface area (Å²) in [7, 11) is 0. The molecule has 19 heavy (non-hydrogen) atoms. The van der Waals surface area contributed by atoms with Crippen molar-refractivity contribution < 1.29 is 0 Å². The summed E-state index contributed by atoms with van der Waals surface area (Å²) in [6.07, 6.45) is 5.58. The van der Waals surface area contributed by atoms with Crippen LogP contribution in [-0.2, 0) is 5.41 Å². The van der Waals surface area contributed by atoms with E-state index in [0.29, 0.717) is 18.5 Å². The molecule has 1 fully saturated rings. The van der Waals surface area contributed by atoms with E-state index in [1.165, 1.54) is 24.1 Å². The third kappa shape index (κ3) is 2.02. The zero-order chi connectivity index (χ0) is 13.6. The molecule has 1 aromatic heterocycles. The largest absolute Gasteiger partial charge is 0.337 e. The molecule has 4 nitrogen and oxygen atoms in total. The maximum absolute atomic E-state index is 5.85. The number of hydrogen-bond acceptors (Lipinski definition) is 4. The second kappa shape index (κ2) is 4.44. The lowest BCUT2D eigenvalue weighted by molar-refractivity contribution is 0.488. The van der Waals surface area contributed by atoms with Crippen molar-refractivity contribution in [2.75, 3.05) is 18.0 Å². The van der Waals surface area contributed by atoms with Crippen LogP contribution < -0.4 is 10.6 Å². The molecule has 4 heteroatoms. The van der Waals surface area contributed by atoms with Gasteiger partial charge in [-0.2, -0.15) is 0 Å². The lowest BCUT2D eigenvalue weighted by Crippen LogP contribution is -2.36. The van der Waals surface area contributed by atoms with Crippen molar-refractivity contribution in [3.63, 3.8) is 0 Å². The van der Waals surface area contributed by atoms with Gasteiger partial charge in [0, 0.05) is 25.3 Å². The van der Waals surface area contributed by atoms with E-state index in [1.807, 2.05) is 6.20 Å². The van der Waals surface area contributed by atoms with Crippen LogP contribution in [0.3, 0.4) is 0 Å². The van der Waals surface area contributed by atoms with Crippen molar-refractivity contribution in [1.29, 1.82) is 0 Å². The average molecular weight is 260 g/mol. The molecule has 0 amide bonds. The highest BCUT2D eigenvalue weighted by Crippen LogP contribution is 2.44. The van der Waals surface area contributed by atoms with Gasteiger partial charge in [0.05, 0.1) is 5.69 Å². The SMILES string of the molecule is CC1CC(C)(C)c2cnc(N3CCCC3CN)nc21. The highest BCUT2D eigenvalue weighted by atomic mass is 15.3. The summed E-state index contributed by atoms with van der Waals surface area (Å²) in [5.41, 5.74) is 8.64. The van der Waals surface area contributed by atoms with E-state index in [4.69, 9.17) is 10.7 Å². The third-order valence-electron chi connectivity index (χ3n) is 4.72. The summed E-state index contributed by atoms with van der Waals surface area (Å²) in [4.78, 5) is 11.8. The van der Waals surface area contributed by atoms with Crippen LogP contribution in [0.25, 0.3) is 0 Å². The number of hydrogen-bond donors (Lipinski definition) is 1. The summed E-state index contributed by atoms with van der Waals surface area (Å²) in [5.74, 6) is 1.42. The van der Waals surface area contributed by atoms with Gasteiger partial charge in [0.1, 0.15) is 0 Å². The fraction of sp³-hybridized carbons (Fsp3) is 0.733. The van der Waals surface area contributed by atoms with Gasteiger partial charge in [-0.15, -0.1) is 0 Å². The molecule has 104 valence electrons. The number of rotatable bonds is 2. The first-order valence-electron chi connectivity index (χ1n) is 7.37. The molecular formula is C15H24N4. The van der Waals surface area contributed by atoms with Gasteiger partial charge in [-0.05, 0) is 36.2 Å². The Balaban J connectivity index is 1.96. The van der Waals surface area contributed by atoms with Crippen LogP contribution in [0.5, 0.6) is 0 Å². The lowest BCUT2D eigenvalue weighted by Gasteiger charge is -2.24. The van der Waals surface area contributed by atoms with Crippen LogP contribution in [0, 0.1) is 0 Å². The van der Waals surface area contributed by atoms with E-state index < -0.39 is 0 Å². The van der Waals surface area contributed by atoms with Crippen molar-refractivity contribution in [2.45, 2.75) is 57.4 Å². The molecule has 2 atom stereocenters. The number of fused-ring (bicyclic) bond motifs is 1. The van der Waals surface area contributed by atoms with Crippen molar-refractivity contribution in [3.05, 3.63) is 17.5 Å². The minimum Gasteiger partial charge on any atom is -0.337 e. The quantitative estimate of drug-likeness (QED) is 0.885. The fourth-order valence-electron chi connectivity index (χ4n) is 3.74. The third-order valence-corrected chi connectivity index (χ3v) is 4.72. The van der Waals surface area contributed by atoms with E-state index in [0.717, 1.165) is 18.9 Å². The molecule has 1 aromatic rings. The van der Waals surface area contributed by atoms with Crippen molar-refractivity contribution in [2.24, 2.45) is 5.73 Å². The minimum absolute atomic E-state index is 0.214. The highest BCUT2D eigenvalue weighted by Gasteiger charge is 2.37. The normalized spacial score (nSPS) is 28.7. The molecular weight excluding hydrogens is 236 g/mol. The van der Waals surface area contributed by atoms with Gasteiger partial charge in [-0.1, -0.05) is 20.8 Å². The second-order valence-corrected chi connectivity index (χ2v) is 6.68. The van der Waals surface area contributed by atoms with Crippen LogP contribution in [-0.4, -0.2) is 29.1 Å². The summed E-state index contributed by atoms with van der Waals surface area (Å²) >= 11 is 0. The topological polar surface area (TPSA) is 55.0 Å². The monoisotopic (exact) mass is 260 g/mol. The molecule has 0 aromatic carbocycles. The Kier molecular flexibility index (Phi) is 3.01. The van der Waals surface area contributed by atoms with E-state index in [9.17, 15) is 0 Å². The summed E-state index contributed by atoms with van der Waals surface area (Å²) in [5, 5.41) is 0. The lowest BCUT2D eigenvalue weighted by atomic mass is 9.87. The van der Waals surface area contributed by atoms with E-state index in [1.54, 1.807) is 0 Å². The number of anilines is 1. The van der Waals surface area contributed by atoms with Crippen LogP contribution in [0.1, 0.15) is 57.2 Å². The smallest absolute Gasteiger partial charge is 0.225 e. The molecule has 0 spiro atoms. The minimum atomic E-state index is 0.214. The predicted octanol–water partition coefficient (Wildman–Crippen LogP) is 2.19. The number of nitrogens with two attached hydrogens (primary N) is 1. The Morgan fingerprint density at radius 3 is 3.00 bits per heavy atom. The molecule has 0 saturated carbocycles. The van der Waals surface area contributed by atoms with Gasteiger partial charge in [0.2, 0.25) is 5.95 Å². The molecule has 1 saturated heterocycles. The standard InChI is InChI=1S/C15H24N4/c1-10-7-15(2,3)12-9-17-14(18-13(10)12)19-6-4-5-11(19)8-16/h9-11H,4-8,16H2,1-3H3. The van der Waals surface area contributed by atoms with Crippen LogP contribution >= 0.6 is 0 Å². The first-order chi connectivity index (χ1) is 9.03. The number of aromatic nitrogens is 2. The molecule has 2 heterocycles. The number of nitrogens with zero attached hydrogens (tertiary/aromatic N) is 3. The van der Waals surface area contributed by atoms with Gasteiger partial charge >= 0.3 is 0 Å². The van der Waals surface area contributed by atoms with Gasteiger partial charge in [-0.3, -0.25) is 0 Å². The zero-order valence-corrected chi connectivity index (χ0v) is 12.2. The Morgan fingerprint density at radius 2 is 2.26 bits per heavy atom. The van der Waals surface area contributed by atoms with Crippen LogP contribution in [0.2, 0.25) is 0 Å². The van der Waals surface area contributed by atoms with Crippen molar-refractivity contribution in [3.8, 4) is 0 Å². The van der Waals surface area contributed by atoms with Crippen molar-refractivity contribution >= 4 is 5.95 Å². The van der Waals surface area contributed by atoms with E-state index >= 15 is 0 Å². The Morgan fingerprint density at radius 1 is 1.47 bits per heavy atom. The molecule has 0 radical (unpaired) electrons. The molecule has 2 aliphatic rings. The van der Waals surface area contributed by atoms with Crippen LogP contribution in [0.15, 0.2) is 6.20 Å². The van der Waals surface area contributed by atoms with E-state index in [-0.39, 0.29) is 5.41 Å². The van der Waals surface area contributed by atoms with Crippen LogP contribution in [0.4, 0.5) is 5.95 Å². The zero-order valence-electron chi connectivity index (χ0n) is 12.2. The van der Waals surface area contributed by atoms with Gasteiger partial charge in [-0.25, -0.2) is 9.97 Å². The molecule has 2 unspecified atom stereocenters. The fourth-order valence-corrected chi connectivity index (χ4v) is 3.74. The highest BCUT2D eigenvalue weighted by molar-refractivity contribution is 5.42. The Labute approximate surface area is 115 Å². The Bertz CT molecular complexity index is 483. The van der Waals surface area contributed by atoms with Gasteiger partial charge in [0.15, 0.2) is 0 Å². The first kappa shape index (κ1) is 12.9. The molecule has 1 aliphatic carbocycles. The average Bonchev–Trinajstić information content (AvgIpc) is 2.93. The maximum atomic E-state index is 5.85.